The lowest BCUT2D eigenvalue weighted by Crippen LogP contribution is -2.30. The van der Waals surface area contributed by atoms with Gasteiger partial charge in [-0.2, -0.15) is 0 Å². The maximum absolute atomic E-state index is 12.8. The van der Waals surface area contributed by atoms with Crippen molar-refractivity contribution in [3.8, 4) is 0 Å². The van der Waals surface area contributed by atoms with Crippen LogP contribution in [0.5, 0.6) is 0 Å². The Kier molecular flexibility index (Phi) is 51.9. The second kappa shape index (κ2) is 54.9. The van der Waals surface area contributed by atoms with E-state index in [9.17, 15) is 14.4 Å². The van der Waals surface area contributed by atoms with Crippen LogP contribution in [0.4, 0.5) is 0 Å². The SMILES string of the molecule is CC/C=C\C/C=C\C/C=C\C/C=C\CCCCC(=O)OC(COC(=O)CCCCC/C=C\C/C=C\C/C=C\CC)COC(=O)CCCCCCCCCCC/C=C\CCCCCCCCCC. The van der Waals surface area contributed by atoms with E-state index >= 15 is 0 Å². The van der Waals surface area contributed by atoms with Gasteiger partial charge in [0.05, 0.1) is 0 Å². The third kappa shape index (κ3) is 53.2. The summed E-state index contributed by atoms with van der Waals surface area (Å²) in [5.74, 6) is -0.980. The zero-order chi connectivity index (χ0) is 48.6. The van der Waals surface area contributed by atoms with E-state index < -0.39 is 6.10 Å². The molecule has 67 heavy (non-hydrogen) atoms. The predicted molar refractivity (Wildman–Crippen MR) is 288 cm³/mol. The van der Waals surface area contributed by atoms with Crippen molar-refractivity contribution in [3.05, 3.63) is 97.2 Å². The molecule has 0 bridgehead atoms. The summed E-state index contributed by atoms with van der Waals surface area (Å²) in [6, 6.07) is 0. The molecule has 0 heterocycles. The van der Waals surface area contributed by atoms with Crippen molar-refractivity contribution in [3.63, 3.8) is 0 Å². The van der Waals surface area contributed by atoms with Gasteiger partial charge in [-0.05, 0) is 116 Å². The van der Waals surface area contributed by atoms with Gasteiger partial charge in [-0.15, -0.1) is 0 Å². The summed E-state index contributed by atoms with van der Waals surface area (Å²) in [7, 11) is 0. The van der Waals surface area contributed by atoms with Crippen molar-refractivity contribution in [2.75, 3.05) is 13.2 Å². The molecule has 0 saturated heterocycles. The van der Waals surface area contributed by atoms with Gasteiger partial charge in [0, 0.05) is 19.3 Å². The molecule has 6 nitrogen and oxygen atoms in total. The third-order valence-corrected chi connectivity index (χ3v) is 11.6. The first-order chi connectivity index (χ1) is 33.0. The van der Waals surface area contributed by atoms with E-state index in [1.807, 2.05) is 0 Å². The van der Waals surface area contributed by atoms with Gasteiger partial charge < -0.3 is 14.2 Å². The molecule has 1 unspecified atom stereocenters. The summed E-state index contributed by atoms with van der Waals surface area (Å²) in [6.07, 6.45) is 72.6. The molecule has 0 aromatic heterocycles. The summed E-state index contributed by atoms with van der Waals surface area (Å²) in [5, 5.41) is 0. The van der Waals surface area contributed by atoms with Crippen LogP contribution in [0.1, 0.15) is 252 Å². The Hall–Kier alpha value is -3.67. The van der Waals surface area contributed by atoms with E-state index in [0.29, 0.717) is 19.3 Å². The molecule has 0 spiro atoms. The molecule has 0 aliphatic heterocycles. The van der Waals surface area contributed by atoms with Crippen molar-refractivity contribution >= 4 is 17.9 Å². The monoisotopic (exact) mass is 931 g/mol. The minimum Gasteiger partial charge on any atom is -0.462 e. The number of esters is 3. The van der Waals surface area contributed by atoms with Gasteiger partial charge in [0.2, 0.25) is 0 Å². The smallest absolute Gasteiger partial charge is 0.306 e. The molecule has 0 aliphatic carbocycles. The number of carbonyl (C=O) groups is 3. The number of hydrogen-bond acceptors (Lipinski definition) is 6. The highest BCUT2D eigenvalue weighted by atomic mass is 16.6. The Bertz CT molecular complexity index is 1350. The molecule has 0 N–H and O–H groups in total. The van der Waals surface area contributed by atoms with E-state index in [4.69, 9.17) is 14.2 Å². The van der Waals surface area contributed by atoms with Crippen LogP contribution >= 0.6 is 0 Å². The average molecular weight is 931 g/mol. The van der Waals surface area contributed by atoms with Gasteiger partial charge in [-0.3, -0.25) is 14.4 Å². The molecule has 0 amide bonds. The van der Waals surface area contributed by atoms with Crippen molar-refractivity contribution in [1.82, 2.24) is 0 Å². The number of allylic oxidation sites excluding steroid dienone is 16. The fraction of sp³-hybridized carbons (Fsp3) is 0.689. The summed E-state index contributed by atoms with van der Waals surface area (Å²) in [5.41, 5.74) is 0. The lowest BCUT2D eigenvalue weighted by Gasteiger charge is -2.18. The highest BCUT2D eigenvalue weighted by Gasteiger charge is 2.19. The molecule has 0 rings (SSSR count). The molecular weight excluding hydrogens is 829 g/mol. The maximum Gasteiger partial charge on any atom is 0.306 e. The number of ether oxygens (including phenoxy) is 3. The lowest BCUT2D eigenvalue weighted by atomic mass is 10.1. The quantitative estimate of drug-likeness (QED) is 0.0262. The Morgan fingerprint density at radius 1 is 0.313 bits per heavy atom. The number of rotatable bonds is 49. The van der Waals surface area contributed by atoms with Crippen LogP contribution in [-0.4, -0.2) is 37.2 Å². The highest BCUT2D eigenvalue weighted by Crippen LogP contribution is 2.14. The van der Waals surface area contributed by atoms with Crippen molar-refractivity contribution in [2.45, 2.75) is 258 Å². The highest BCUT2D eigenvalue weighted by molar-refractivity contribution is 5.71. The molecule has 0 fully saturated rings. The van der Waals surface area contributed by atoms with Crippen LogP contribution in [0.15, 0.2) is 97.2 Å². The Morgan fingerprint density at radius 3 is 0.970 bits per heavy atom. The third-order valence-electron chi connectivity index (χ3n) is 11.6. The van der Waals surface area contributed by atoms with E-state index in [1.165, 1.54) is 103 Å². The van der Waals surface area contributed by atoms with Crippen LogP contribution in [0, 0.1) is 0 Å². The Labute approximate surface area is 413 Å². The van der Waals surface area contributed by atoms with Crippen LogP contribution < -0.4 is 0 Å². The first kappa shape index (κ1) is 63.3. The molecule has 382 valence electrons. The van der Waals surface area contributed by atoms with Gasteiger partial charge in [0.1, 0.15) is 13.2 Å². The van der Waals surface area contributed by atoms with E-state index in [-0.39, 0.29) is 37.5 Å². The van der Waals surface area contributed by atoms with Gasteiger partial charge in [0.15, 0.2) is 6.10 Å². The first-order valence-corrected chi connectivity index (χ1v) is 27.7. The van der Waals surface area contributed by atoms with Crippen molar-refractivity contribution in [2.24, 2.45) is 0 Å². The topological polar surface area (TPSA) is 78.9 Å². The van der Waals surface area contributed by atoms with Crippen LogP contribution in [0.25, 0.3) is 0 Å². The minimum absolute atomic E-state index is 0.105. The fourth-order valence-corrected chi connectivity index (χ4v) is 7.44. The molecule has 0 aromatic rings. The molecule has 1 atom stereocenters. The summed E-state index contributed by atoms with van der Waals surface area (Å²) in [6.45, 7) is 6.35. The maximum atomic E-state index is 12.8. The summed E-state index contributed by atoms with van der Waals surface area (Å²) in [4.78, 5) is 38.1. The molecule has 0 radical (unpaired) electrons. The van der Waals surface area contributed by atoms with Gasteiger partial charge in [0.25, 0.3) is 0 Å². The van der Waals surface area contributed by atoms with E-state index in [1.54, 1.807) is 0 Å². The second-order valence-corrected chi connectivity index (χ2v) is 18.1. The van der Waals surface area contributed by atoms with Crippen LogP contribution in [-0.2, 0) is 28.6 Å². The minimum atomic E-state index is -0.813. The molecular formula is C61H102O6. The number of hydrogen-bond donors (Lipinski definition) is 0. The van der Waals surface area contributed by atoms with Crippen LogP contribution in [0.2, 0.25) is 0 Å². The normalized spacial score (nSPS) is 12.8. The zero-order valence-electron chi connectivity index (χ0n) is 43.6. The van der Waals surface area contributed by atoms with Crippen molar-refractivity contribution in [1.29, 1.82) is 0 Å². The van der Waals surface area contributed by atoms with E-state index in [0.717, 1.165) is 103 Å². The van der Waals surface area contributed by atoms with E-state index in [2.05, 4.69) is 118 Å². The number of carbonyl (C=O) groups excluding carboxylic acids is 3. The average Bonchev–Trinajstić information content (AvgIpc) is 3.33. The van der Waals surface area contributed by atoms with Gasteiger partial charge >= 0.3 is 17.9 Å². The van der Waals surface area contributed by atoms with Crippen molar-refractivity contribution < 1.29 is 28.6 Å². The number of unbranched alkanes of at least 4 members (excludes halogenated alkanes) is 22. The largest absolute Gasteiger partial charge is 0.462 e. The first-order valence-electron chi connectivity index (χ1n) is 27.7. The Morgan fingerprint density at radius 2 is 0.582 bits per heavy atom. The second-order valence-electron chi connectivity index (χ2n) is 18.1. The molecule has 0 saturated carbocycles. The summed E-state index contributed by atoms with van der Waals surface area (Å²) < 4.78 is 16.8. The zero-order valence-corrected chi connectivity index (χ0v) is 43.6. The van der Waals surface area contributed by atoms with Crippen LogP contribution in [0.3, 0.4) is 0 Å². The van der Waals surface area contributed by atoms with Gasteiger partial charge in [-0.25, -0.2) is 0 Å². The van der Waals surface area contributed by atoms with Gasteiger partial charge in [-0.1, -0.05) is 214 Å². The lowest BCUT2D eigenvalue weighted by molar-refractivity contribution is -0.167. The summed E-state index contributed by atoms with van der Waals surface area (Å²) >= 11 is 0. The molecule has 0 aliphatic rings. The predicted octanol–water partition coefficient (Wildman–Crippen LogP) is 18.5. The fourth-order valence-electron chi connectivity index (χ4n) is 7.44. The standard InChI is InChI=1S/C61H102O6/c1-4-7-10-13-16-19-22-25-27-28-29-30-31-32-34-36-39-42-45-48-51-54-60(63)66-57-58(56-65-59(62)53-50-47-44-41-38-35-24-21-18-15-12-9-6-3)67-61(64)55-52-49-46-43-40-37-33-26-23-20-17-14-11-8-5-2/h8-9,11-12,17-18,20-21,26,28-29,33,35,38,40,43,58H,4-7,10,13-16,19,22-25,27,30-32,34,36-37,39,41-42,44-57H2,1-3H3/b11-8-,12-9-,20-17-,21-18-,29-28-,33-26-,38-35-,43-40-. The Balaban J connectivity index is 4.42. The molecule has 6 heteroatoms. The molecule has 0 aromatic carbocycles.